The predicted molar refractivity (Wildman–Crippen MR) is 104 cm³/mol. The minimum Gasteiger partial charge on any atom is -0.357 e. The van der Waals surface area contributed by atoms with Crippen molar-refractivity contribution in [1.82, 2.24) is 20.4 Å². The third kappa shape index (κ3) is 10.00. The Kier molecular flexibility index (Phi) is 13.0. The van der Waals surface area contributed by atoms with Crippen LogP contribution in [0.15, 0.2) is 17.4 Å². The highest BCUT2D eigenvalue weighted by Crippen LogP contribution is 1.99. The van der Waals surface area contributed by atoms with Crippen molar-refractivity contribution in [3.8, 4) is 0 Å². The van der Waals surface area contributed by atoms with E-state index in [1.54, 1.807) is 0 Å². The maximum atomic E-state index is 4.59. The van der Waals surface area contributed by atoms with Gasteiger partial charge in [0.2, 0.25) is 0 Å². The zero-order valence-corrected chi connectivity index (χ0v) is 16.4. The van der Waals surface area contributed by atoms with E-state index in [1.165, 1.54) is 17.7 Å². The quantitative estimate of drug-likeness (QED) is 0.276. The smallest absolute Gasteiger partial charge is 0.191 e. The Morgan fingerprint density at radius 1 is 1.38 bits per heavy atom. The van der Waals surface area contributed by atoms with E-state index in [0.717, 1.165) is 38.4 Å². The van der Waals surface area contributed by atoms with Gasteiger partial charge in [0, 0.05) is 32.9 Å². The first-order valence-electron chi connectivity index (χ1n) is 7.25. The van der Waals surface area contributed by atoms with E-state index < -0.39 is 0 Å². The monoisotopic (exact) mass is 425 g/mol. The molecule has 0 spiro atoms. The van der Waals surface area contributed by atoms with Crippen LogP contribution in [-0.4, -0.2) is 47.4 Å². The third-order valence-electron chi connectivity index (χ3n) is 2.84. The van der Waals surface area contributed by atoms with Gasteiger partial charge in [-0.2, -0.15) is 16.9 Å². The molecular weight excluding hydrogens is 397 g/mol. The minimum absolute atomic E-state index is 0. The van der Waals surface area contributed by atoms with E-state index in [2.05, 4.69) is 33.9 Å². The predicted octanol–water partition coefficient (Wildman–Crippen LogP) is 2.28. The van der Waals surface area contributed by atoms with Gasteiger partial charge in [0.15, 0.2) is 5.96 Å². The molecule has 2 N–H and O–H groups in total. The highest BCUT2D eigenvalue weighted by Gasteiger charge is 1.99. The third-order valence-corrected chi connectivity index (χ3v) is 3.53. The molecule has 0 atom stereocenters. The molecule has 0 bridgehead atoms. The summed E-state index contributed by atoms with van der Waals surface area (Å²) in [5.74, 6) is 2.14. The number of nitrogens with one attached hydrogen (secondary N) is 2. The van der Waals surface area contributed by atoms with Crippen molar-refractivity contribution in [3.63, 3.8) is 0 Å². The van der Waals surface area contributed by atoms with Crippen LogP contribution in [-0.2, 0) is 13.5 Å². The average Bonchev–Trinajstić information content (AvgIpc) is 2.84. The first kappa shape index (κ1) is 20.6. The second-order valence-electron chi connectivity index (χ2n) is 4.66. The van der Waals surface area contributed by atoms with Crippen LogP contribution in [0.1, 0.15) is 25.3 Å². The Morgan fingerprint density at radius 3 is 2.81 bits per heavy atom. The fraction of sp³-hybridized carbons (Fsp3) is 0.714. The van der Waals surface area contributed by atoms with Crippen molar-refractivity contribution in [2.24, 2.45) is 12.0 Å². The molecule has 0 radical (unpaired) electrons. The normalized spacial score (nSPS) is 11.1. The summed E-state index contributed by atoms with van der Waals surface area (Å²) >= 11 is 1.90. The largest absolute Gasteiger partial charge is 0.357 e. The van der Waals surface area contributed by atoms with Crippen molar-refractivity contribution >= 4 is 41.7 Å². The molecule has 0 aliphatic heterocycles. The van der Waals surface area contributed by atoms with Crippen LogP contribution in [0.2, 0.25) is 0 Å². The fourth-order valence-corrected chi connectivity index (χ4v) is 2.31. The highest BCUT2D eigenvalue weighted by atomic mass is 127. The molecule has 122 valence electrons. The molecule has 5 nitrogen and oxygen atoms in total. The molecule has 0 unspecified atom stereocenters. The molecule has 1 aromatic heterocycles. The summed E-state index contributed by atoms with van der Waals surface area (Å²) in [7, 11) is 1.94. The summed E-state index contributed by atoms with van der Waals surface area (Å²) in [6, 6.07) is 0. The van der Waals surface area contributed by atoms with Gasteiger partial charge >= 0.3 is 0 Å². The number of aryl methyl sites for hydroxylation is 1. The molecule has 1 rings (SSSR count). The van der Waals surface area contributed by atoms with Gasteiger partial charge in [-0.1, -0.05) is 0 Å². The number of halogens is 1. The van der Waals surface area contributed by atoms with Gasteiger partial charge in [-0.25, -0.2) is 0 Å². The molecule has 0 amide bonds. The molecule has 0 saturated heterocycles. The molecule has 21 heavy (non-hydrogen) atoms. The van der Waals surface area contributed by atoms with Crippen molar-refractivity contribution in [1.29, 1.82) is 0 Å². The lowest BCUT2D eigenvalue weighted by atomic mass is 10.2. The van der Waals surface area contributed by atoms with E-state index in [9.17, 15) is 0 Å². The second kappa shape index (κ2) is 13.2. The van der Waals surface area contributed by atoms with Crippen LogP contribution in [0, 0.1) is 0 Å². The van der Waals surface area contributed by atoms with E-state index in [1.807, 2.05) is 35.9 Å². The van der Waals surface area contributed by atoms with Gasteiger partial charge < -0.3 is 10.6 Å². The number of hydrogen-bond donors (Lipinski definition) is 2. The van der Waals surface area contributed by atoms with Crippen molar-refractivity contribution in [2.45, 2.75) is 26.2 Å². The number of nitrogens with zero attached hydrogens (tertiary/aromatic N) is 3. The zero-order valence-electron chi connectivity index (χ0n) is 13.3. The number of aromatic nitrogens is 2. The van der Waals surface area contributed by atoms with Crippen LogP contribution in [0.25, 0.3) is 0 Å². The summed E-state index contributed by atoms with van der Waals surface area (Å²) in [5, 5.41) is 10.8. The standard InChI is InChI=1S/C14H27N5S.HI/c1-4-15-14(16-8-5-6-10-20-3)17-9-7-13-11-18-19(2)12-13;/h11-12H,4-10H2,1-3H3,(H2,15,16,17);1H. The molecule has 0 saturated carbocycles. The lowest BCUT2D eigenvalue weighted by Crippen LogP contribution is -2.38. The molecule has 0 aliphatic rings. The maximum Gasteiger partial charge on any atom is 0.191 e. The number of thioether (sulfide) groups is 1. The summed E-state index contributed by atoms with van der Waals surface area (Å²) in [5.41, 5.74) is 1.25. The fourth-order valence-electron chi connectivity index (χ4n) is 1.82. The van der Waals surface area contributed by atoms with Gasteiger partial charge in [0.25, 0.3) is 0 Å². The Hall–Kier alpha value is -0.440. The average molecular weight is 425 g/mol. The molecule has 7 heteroatoms. The van der Waals surface area contributed by atoms with Gasteiger partial charge in [0.1, 0.15) is 0 Å². The van der Waals surface area contributed by atoms with E-state index >= 15 is 0 Å². The van der Waals surface area contributed by atoms with Crippen molar-refractivity contribution < 1.29 is 0 Å². The van der Waals surface area contributed by atoms with Crippen molar-refractivity contribution in [2.75, 3.05) is 31.6 Å². The summed E-state index contributed by atoms with van der Waals surface area (Å²) in [6.07, 6.45) is 9.46. The van der Waals surface area contributed by atoms with Crippen LogP contribution in [0.4, 0.5) is 0 Å². The number of aliphatic imine (C=N–C) groups is 1. The maximum absolute atomic E-state index is 4.59. The van der Waals surface area contributed by atoms with E-state index in [4.69, 9.17) is 0 Å². The number of hydrogen-bond acceptors (Lipinski definition) is 3. The minimum atomic E-state index is 0. The van der Waals surface area contributed by atoms with Crippen molar-refractivity contribution in [3.05, 3.63) is 18.0 Å². The highest BCUT2D eigenvalue weighted by molar-refractivity contribution is 14.0. The number of rotatable bonds is 9. The van der Waals surface area contributed by atoms with Gasteiger partial charge in [0.05, 0.1) is 6.20 Å². The molecular formula is C14H28IN5S. The Balaban J connectivity index is 0.00000400. The first-order valence-corrected chi connectivity index (χ1v) is 8.64. The first-order chi connectivity index (χ1) is 9.76. The summed E-state index contributed by atoms with van der Waals surface area (Å²) in [6.45, 7) is 4.75. The summed E-state index contributed by atoms with van der Waals surface area (Å²) in [4.78, 5) is 4.59. The van der Waals surface area contributed by atoms with Crippen LogP contribution < -0.4 is 10.6 Å². The van der Waals surface area contributed by atoms with E-state index in [0.29, 0.717) is 0 Å². The lowest BCUT2D eigenvalue weighted by molar-refractivity contribution is 0.762. The zero-order chi connectivity index (χ0) is 14.6. The number of unbranched alkanes of at least 4 members (excludes halogenated alkanes) is 1. The Morgan fingerprint density at radius 2 is 2.19 bits per heavy atom. The van der Waals surface area contributed by atoms with Gasteiger partial charge in [-0.15, -0.1) is 24.0 Å². The van der Waals surface area contributed by atoms with Crippen LogP contribution in [0.5, 0.6) is 0 Å². The molecule has 0 aliphatic carbocycles. The second-order valence-corrected chi connectivity index (χ2v) is 5.65. The SMILES string of the molecule is CCNC(=NCCCCSC)NCCc1cnn(C)c1.I. The van der Waals surface area contributed by atoms with Crippen LogP contribution in [0.3, 0.4) is 0 Å². The van der Waals surface area contributed by atoms with E-state index in [-0.39, 0.29) is 24.0 Å². The van der Waals surface area contributed by atoms with Gasteiger partial charge in [-0.3, -0.25) is 9.67 Å². The number of guanidine groups is 1. The molecule has 1 aromatic rings. The molecule has 1 heterocycles. The topological polar surface area (TPSA) is 54.2 Å². The van der Waals surface area contributed by atoms with Crippen LogP contribution >= 0.6 is 35.7 Å². The Bertz CT molecular complexity index is 394. The Labute approximate surface area is 149 Å². The van der Waals surface area contributed by atoms with Gasteiger partial charge in [-0.05, 0) is 43.8 Å². The lowest BCUT2D eigenvalue weighted by Gasteiger charge is -2.10. The molecule has 0 fully saturated rings. The molecule has 0 aromatic carbocycles. The summed E-state index contributed by atoms with van der Waals surface area (Å²) < 4.78 is 1.83.